The van der Waals surface area contributed by atoms with Crippen LogP contribution in [0.2, 0.25) is 0 Å². The topological polar surface area (TPSA) is 76.2 Å². The number of ether oxygens (including phenoxy) is 2. The van der Waals surface area contributed by atoms with E-state index in [1.807, 2.05) is 38.1 Å². The zero-order valence-electron chi connectivity index (χ0n) is 19.4. The first-order valence-corrected chi connectivity index (χ1v) is 11.8. The second-order valence-electron chi connectivity index (χ2n) is 7.66. The molecule has 0 aliphatic carbocycles. The Bertz CT molecular complexity index is 1220. The molecule has 0 N–H and O–H groups in total. The van der Waals surface area contributed by atoms with Gasteiger partial charge in [-0.1, -0.05) is 24.3 Å². The molecule has 1 amide bonds. The van der Waals surface area contributed by atoms with Crippen molar-refractivity contribution in [2.24, 2.45) is 0 Å². The summed E-state index contributed by atoms with van der Waals surface area (Å²) in [4.78, 5) is 14.6. The number of sulfonamides is 1. The van der Waals surface area contributed by atoms with E-state index in [-0.39, 0.29) is 23.1 Å². The predicted molar refractivity (Wildman–Crippen MR) is 130 cm³/mol. The van der Waals surface area contributed by atoms with Gasteiger partial charge < -0.3 is 14.4 Å². The Balaban J connectivity index is 2.08. The number of methoxy groups -OCH3 is 2. The summed E-state index contributed by atoms with van der Waals surface area (Å²) in [6.07, 6.45) is 0. The fourth-order valence-corrected chi connectivity index (χ4v) is 4.95. The van der Waals surface area contributed by atoms with E-state index in [0.717, 1.165) is 15.4 Å². The predicted octanol–water partition coefficient (Wildman–Crippen LogP) is 4.18. The van der Waals surface area contributed by atoms with Crippen LogP contribution < -0.4 is 18.7 Å². The minimum Gasteiger partial charge on any atom is -0.493 e. The molecular formula is C25H28N2O5S. The molecule has 3 aromatic carbocycles. The molecule has 0 unspecified atom stereocenters. The van der Waals surface area contributed by atoms with Crippen LogP contribution in [-0.2, 0) is 14.8 Å². The van der Waals surface area contributed by atoms with Gasteiger partial charge in [-0.2, -0.15) is 0 Å². The zero-order valence-corrected chi connectivity index (χ0v) is 20.2. The van der Waals surface area contributed by atoms with Crippen LogP contribution in [0.5, 0.6) is 11.5 Å². The molecular weight excluding hydrogens is 440 g/mol. The van der Waals surface area contributed by atoms with E-state index in [2.05, 4.69) is 0 Å². The Labute approximate surface area is 195 Å². The molecule has 0 saturated carbocycles. The second-order valence-corrected chi connectivity index (χ2v) is 9.52. The van der Waals surface area contributed by atoms with Crippen molar-refractivity contribution in [3.8, 4) is 11.5 Å². The highest BCUT2D eigenvalue weighted by Crippen LogP contribution is 2.33. The Hall–Kier alpha value is -3.52. The largest absolute Gasteiger partial charge is 0.493 e. The lowest BCUT2D eigenvalue weighted by Gasteiger charge is -2.27. The third-order valence-corrected chi connectivity index (χ3v) is 7.00. The number of para-hydroxylation sites is 1. The van der Waals surface area contributed by atoms with Crippen LogP contribution in [0.25, 0.3) is 0 Å². The SMILES string of the molecule is COc1ccc(S(=O)(=O)N(CC(=O)N(C)c2ccccc2)c2cc(C)cc(C)c2)cc1OC. The van der Waals surface area contributed by atoms with E-state index in [1.165, 1.54) is 37.3 Å². The summed E-state index contributed by atoms with van der Waals surface area (Å²) in [5, 5.41) is 0. The summed E-state index contributed by atoms with van der Waals surface area (Å²) >= 11 is 0. The summed E-state index contributed by atoms with van der Waals surface area (Å²) in [6, 6.07) is 18.9. The highest BCUT2D eigenvalue weighted by atomic mass is 32.2. The van der Waals surface area contributed by atoms with E-state index in [0.29, 0.717) is 17.1 Å². The van der Waals surface area contributed by atoms with Crippen LogP contribution in [-0.4, -0.2) is 42.1 Å². The normalized spacial score (nSPS) is 11.1. The van der Waals surface area contributed by atoms with Crippen molar-refractivity contribution in [2.45, 2.75) is 18.7 Å². The number of nitrogens with zero attached hydrogens (tertiary/aromatic N) is 2. The molecule has 0 aromatic heterocycles. The van der Waals surface area contributed by atoms with Gasteiger partial charge in [0, 0.05) is 18.8 Å². The zero-order chi connectivity index (χ0) is 24.2. The van der Waals surface area contributed by atoms with Gasteiger partial charge in [-0.05, 0) is 61.4 Å². The highest BCUT2D eigenvalue weighted by Gasteiger charge is 2.30. The van der Waals surface area contributed by atoms with Crippen molar-refractivity contribution in [2.75, 3.05) is 37.0 Å². The van der Waals surface area contributed by atoms with Gasteiger partial charge in [-0.15, -0.1) is 0 Å². The lowest BCUT2D eigenvalue weighted by Crippen LogP contribution is -2.41. The molecule has 174 valence electrons. The lowest BCUT2D eigenvalue weighted by molar-refractivity contribution is -0.116. The summed E-state index contributed by atoms with van der Waals surface area (Å²) < 4.78 is 39.2. The average molecular weight is 469 g/mol. The van der Waals surface area contributed by atoms with Gasteiger partial charge in [-0.25, -0.2) is 8.42 Å². The molecule has 0 atom stereocenters. The third-order valence-electron chi connectivity index (χ3n) is 5.23. The maximum atomic E-state index is 13.8. The lowest BCUT2D eigenvalue weighted by atomic mass is 10.1. The van der Waals surface area contributed by atoms with Gasteiger partial charge in [-0.3, -0.25) is 9.10 Å². The van der Waals surface area contributed by atoms with Gasteiger partial charge >= 0.3 is 0 Å². The summed E-state index contributed by atoms with van der Waals surface area (Å²) in [5.74, 6) is 0.324. The Morgan fingerprint density at radius 3 is 2.00 bits per heavy atom. The molecule has 3 aromatic rings. The number of aryl methyl sites for hydroxylation is 2. The molecule has 0 bridgehead atoms. The van der Waals surface area contributed by atoms with Crippen LogP contribution in [0.4, 0.5) is 11.4 Å². The van der Waals surface area contributed by atoms with Crippen molar-refractivity contribution < 1.29 is 22.7 Å². The fraction of sp³-hybridized carbons (Fsp3) is 0.240. The average Bonchev–Trinajstić information content (AvgIpc) is 2.81. The van der Waals surface area contributed by atoms with Gasteiger partial charge in [0.2, 0.25) is 5.91 Å². The van der Waals surface area contributed by atoms with Crippen molar-refractivity contribution in [3.63, 3.8) is 0 Å². The molecule has 7 nitrogen and oxygen atoms in total. The molecule has 0 aliphatic heterocycles. The van der Waals surface area contributed by atoms with E-state index in [1.54, 1.807) is 31.3 Å². The standard InChI is InChI=1S/C25H28N2O5S/c1-18-13-19(2)15-21(14-18)27(17-25(28)26(3)20-9-7-6-8-10-20)33(29,30)22-11-12-23(31-4)24(16-22)32-5/h6-16H,17H2,1-5H3. The molecule has 0 aliphatic rings. The third kappa shape index (κ3) is 5.28. The molecule has 0 radical (unpaired) electrons. The maximum Gasteiger partial charge on any atom is 0.264 e. The van der Waals surface area contributed by atoms with Crippen molar-refractivity contribution in [3.05, 3.63) is 77.9 Å². The molecule has 0 heterocycles. The number of carbonyl (C=O) groups is 1. The quantitative estimate of drug-likeness (QED) is 0.496. The highest BCUT2D eigenvalue weighted by molar-refractivity contribution is 7.92. The number of rotatable bonds is 8. The monoisotopic (exact) mass is 468 g/mol. The molecule has 0 saturated heterocycles. The minimum atomic E-state index is -4.11. The number of anilines is 2. The van der Waals surface area contributed by atoms with Crippen LogP contribution in [0.15, 0.2) is 71.6 Å². The first-order chi connectivity index (χ1) is 15.7. The summed E-state index contributed by atoms with van der Waals surface area (Å²) in [5.41, 5.74) is 2.87. The first-order valence-electron chi connectivity index (χ1n) is 10.3. The van der Waals surface area contributed by atoms with Crippen molar-refractivity contribution in [1.82, 2.24) is 0 Å². The number of benzene rings is 3. The second kappa shape index (κ2) is 9.95. The maximum absolute atomic E-state index is 13.8. The van der Waals surface area contributed by atoms with Gasteiger partial charge in [0.05, 0.1) is 24.8 Å². The Kier molecular flexibility index (Phi) is 7.28. The van der Waals surface area contributed by atoms with E-state index >= 15 is 0 Å². The van der Waals surface area contributed by atoms with E-state index < -0.39 is 10.0 Å². The van der Waals surface area contributed by atoms with Gasteiger partial charge in [0.15, 0.2) is 11.5 Å². The van der Waals surface area contributed by atoms with Crippen molar-refractivity contribution >= 4 is 27.3 Å². The van der Waals surface area contributed by atoms with Crippen molar-refractivity contribution in [1.29, 1.82) is 0 Å². The minimum absolute atomic E-state index is 0.00512. The number of hydrogen-bond acceptors (Lipinski definition) is 5. The van der Waals surface area contributed by atoms with Crippen LogP contribution in [0.3, 0.4) is 0 Å². The first kappa shape index (κ1) is 24.1. The van der Waals surface area contributed by atoms with Crippen LogP contribution >= 0.6 is 0 Å². The summed E-state index contributed by atoms with van der Waals surface area (Å²) in [7, 11) is 0.437. The smallest absolute Gasteiger partial charge is 0.264 e. The Morgan fingerprint density at radius 2 is 1.42 bits per heavy atom. The fourth-order valence-electron chi connectivity index (χ4n) is 3.54. The van der Waals surface area contributed by atoms with E-state index in [4.69, 9.17) is 9.47 Å². The van der Waals surface area contributed by atoms with E-state index in [9.17, 15) is 13.2 Å². The van der Waals surface area contributed by atoms with Crippen LogP contribution in [0.1, 0.15) is 11.1 Å². The number of hydrogen-bond donors (Lipinski definition) is 0. The number of carbonyl (C=O) groups excluding carboxylic acids is 1. The van der Waals surface area contributed by atoms with Gasteiger partial charge in [0.25, 0.3) is 10.0 Å². The number of amides is 1. The molecule has 8 heteroatoms. The molecule has 3 rings (SSSR count). The molecule has 0 fully saturated rings. The number of likely N-dealkylation sites (N-methyl/N-ethyl adjacent to an activating group) is 1. The molecule has 33 heavy (non-hydrogen) atoms. The Morgan fingerprint density at radius 1 is 0.818 bits per heavy atom. The summed E-state index contributed by atoms with van der Waals surface area (Å²) in [6.45, 7) is 3.40. The van der Waals surface area contributed by atoms with Crippen LogP contribution in [0, 0.1) is 13.8 Å². The van der Waals surface area contributed by atoms with Gasteiger partial charge in [0.1, 0.15) is 6.54 Å². The molecule has 0 spiro atoms.